The molecule has 3 rings (SSSR count). The smallest absolute Gasteiger partial charge is 0.271 e. The Morgan fingerprint density at radius 2 is 2.24 bits per heavy atom. The van der Waals surface area contributed by atoms with Crippen LogP contribution in [0.5, 0.6) is 0 Å². The molecule has 5 nitrogen and oxygen atoms in total. The van der Waals surface area contributed by atoms with Crippen molar-refractivity contribution in [2.24, 2.45) is 0 Å². The summed E-state index contributed by atoms with van der Waals surface area (Å²) in [7, 11) is -3.04. The minimum Gasteiger partial charge on any atom is -0.344 e. The van der Waals surface area contributed by atoms with E-state index in [2.05, 4.69) is 10.3 Å². The molecule has 1 fully saturated rings. The third kappa shape index (κ3) is 3.17. The van der Waals surface area contributed by atoms with E-state index in [1.165, 1.54) is 11.3 Å². The van der Waals surface area contributed by atoms with Crippen molar-refractivity contribution >= 4 is 38.4 Å². The van der Waals surface area contributed by atoms with Gasteiger partial charge in [0.2, 0.25) is 0 Å². The number of thiazole rings is 1. The first-order valence-electron chi connectivity index (χ1n) is 6.39. The summed E-state index contributed by atoms with van der Waals surface area (Å²) < 4.78 is 23.1. The predicted molar refractivity (Wildman–Crippen MR) is 84.6 cm³/mol. The van der Waals surface area contributed by atoms with Crippen molar-refractivity contribution in [2.75, 3.05) is 11.5 Å². The molecule has 0 radical (unpaired) electrons. The summed E-state index contributed by atoms with van der Waals surface area (Å²) in [6.07, 6.45) is 0.447. The monoisotopic (exact) mass is 342 g/mol. The van der Waals surface area contributed by atoms with Crippen molar-refractivity contribution in [1.82, 2.24) is 10.3 Å². The van der Waals surface area contributed by atoms with E-state index in [1.54, 1.807) is 23.6 Å². The van der Waals surface area contributed by atoms with Crippen molar-refractivity contribution in [3.63, 3.8) is 0 Å². The van der Waals surface area contributed by atoms with Crippen LogP contribution in [0.15, 0.2) is 22.9 Å². The SMILES string of the molecule is C[C@]1(NC(=O)c2csc(-c3cccs3)n2)CCS(=O)(=O)C1. The fraction of sp³-hybridized carbons (Fsp3) is 0.385. The maximum atomic E-state index is 12.2. The van der Waals surface area contributed by atoms with Gasteiger partial charge in [-0.25, -0.2) is 13.4 Å². The Balaban J connectivity index is 1.75. The number of amides is 1. The van der Waals surface area contributed by atoms with Gasteiger partial charge in [0, 0.05) is 5.38 Å². The van der Waals surface area contributed by atoms with Gasteiger partial charge in [0.15, 0.2) is 9.84 Å². The molecule has 1 amide bonds. The Bertz CT molecular complexity index is 764. The molecule has 2 aromatic rings. The van der Waals surface area contributed by atoms with Gasteiger partial charge in [0.1, 0.15) is 10.7 Å². The molecular formula is C13H14N2O3S3. The van der Waals surface area contributed by atoms with Gasteiger partial charge in [0.25, 0.3) is 5.91 Å². The average molecular weight is 342 g/mol. The van der Waals surface area contributed by atoms with Crippen molar-refractivity contribution in [3.05, 3.63) is 28.6 Å². The van der Waals surface area contributed by atoms with Crippen LogP contribution >= 0.6 is 22.7 Å². The van der Waals surface area contributed by atoms with Crippen molar-refractivity contribution in [2.45, 2.75) is 18.9 Å². The number of nitrogens with zero attached hydrogens (tertiary/aromatic N) is 1. The topological polar surface area (TPSA) is 76.1 Å². The Labute approximate surface area is 131 Å². The molecule has 8 heteroatoms. The Kier molecular flexibility index (Phi) is 3.62. The fourth-order valence-electron chi connectivity index (χ4n) is 2.34. The molecule has 1 saturated heterocycles. The van der Waals surface area contributed by atoms with Gasteiger partial charge >= 0.3 is 0 Å². The predicted octanol–water partition coefficient (Wildman–Crippen LogP) is 2.18. The molecule has 0 unspecified atom stereocenters. The third-order valence-corrected chi connectivity index (χ3v) is 7.17. The van der Waals surface area contributed by atoms with Crippen LogP contribution < -0.4 is 5.32 Å². The molecule has 1 atom stereocenters. The second-order valence-corrected chi connectivity index (χ2v) is 9.36. The number of sulfone groups is 1. The van der Waals surface area contributed by atoms with Crippen molar-refractivity contribution in [1.29, 1.82) is 0 Å². The zero-order valence-electron chi connectivity index (χ0n) is 11.3. The number of carbonyl (C=O) groups excluding carboxylic acids is 1. The van der Waals surface area contributed by atoms with E-state index in [4.69, 9.17) is 0 Å². The number of nitrogens with one attached hydrogen (secondary N) is 1. The summed E-state index contributed by atoms with van der Waals surface area (Å²) in [4.78, 5) is 17.6. The molecule has 112 valence electrons. The highest BCUT2D eigenvalue weighted by molar-refractivity contribution is 7.91. The van der Waals surface area contributed by atoms with Gasteiger partial charge in [-0.15, -0.1) is 22.7 Å². The van der Waals surface area contributed by atoms with E-state index in [9.17, 15) is 13.2 Å². The first-order chi connectivity index (χ1) is 9.87. The van der Waals surface area contributed by atoms with E-state index in [-0.39, 0.29) is 17.4 Å². The molecule has 2 aromatic heterocycles. The highest BCUT2D eigenvalue weighted by Gasteiger charge is 2.39. The minimum absolute atomic E-state index is 0.00629. The average Bonchev–Trinajstić information content (AvgIpc) is 3.09. The maximum Gasteiger partial charge on any atom is 0.271 e. The van der Waals surface area contributed by atoms with Crippen LogP contribution in [0.2, 0.25) is 0 Å². The van der Waals surface area contributed by atoms with E-state index in [0.29, 0.717) is 12.1 Å². The molecule has 21 heavy (non-hydrogen) atoms. The molecule has 0 saturated carbocycles. The Morgan fingerprint density at radius 3 is 2.86 bits per heavy atom. The van der Waals surface area contributed by atoms with E-state index in [1.807, 2.05) is 17.5 Å². The summed E-state index contributed by atoms with van der Waals surface area (Å²) in [6.45, 7) is 1.77. The van der Waals surface area contributed by atoms with Gasteiger partial charge in [-0.05, 0) is 24.8 Å². The van der Waals surface area contributed by atoms with E-state index < -0.39 is 15.4 Å². The van der Waals surface area contributed by atoms with Crippen LogP contribution in [0.1, 0.15) is 23.8 Å². The second-order valence-electron chi connectivity index (χ2n) is 5.37. The Morgan fingerprint density at radius 1 is 1.43 bits per heavy atom. The number of thiophene rings is 1. The lowest BCUT2D eigenvalue weighted by Gasteiger charge is -2.23. The first kappa shape index (κ1) is 14.7. The number of rotatable bonds is 3. The Hall–Kier alpha value is -1.25. The van der Waals surface area contributed by atoms with Gasteiger partial charge < -0.3 is 5.32 Å². The molecule has 0 aliphatic carbocycles. The third-order valence-electron chi connectivity index (χ3n) is 3.39. The summed E-state index contributed by atoms with van der Waals surface area (Å²) in [5.74, 6) is -0.191. The molecule has 3 heterocycles. The molecule has 1 aliphatic rings. The van der Waals surface area contributed by atoms with Gasteiger partial charge in [0.05, 0.1) is 21.9 Å². The lowest BCUT2D eigenvalue weighted by molar-refractivity contribution is 0.0911. The van der Waals surface area contributed by atoms with Gasteiger partial charge in [-0.1, -0.05) is 6.07 Å². The molecule has 0 aromatic carbocycles. The molecule has 0 bridgehead atoms. The minimum atomic E-state index is -3.04. The lowest BCUT2D eigenvalue weighted by Crippen LogP contribution is -2.47. The number of carbonyl (C=O) groups is 1. The molecule has 0 spiro atoms. The van der Waals surface area contributed by atoms with Gasteiger partial charge in [-0.2, -0.15) is 0 Å². The quantitative estimate of drug-likeness (QED) is 0.927. The van der Waals surface area contributed by atoms with Crippen LogP contribution in [0.25, 0.3) is 9.88 Å². The number of hydrogen-bond donors (Lipinski definition) is 1. The highest BCUT2D eigenvalue weighted by atomic mass is 32.2. The van der Waals surface area contributed by atoms with Crippen LogP contribution in [-0.4, -0.2) is 36.4 Å². The van der Waals surface area contributed by atoms with E-state index >= 15 is 0 Å². The maximum absolute atomic E-state index is 12.2. The van der Waals surface area contributed by atoms with Crippen molar-refractivity contribution in [3.8, 4) is 9.88 Å². The molecule has 1 N–H and O–H groups in total. The zero-order valence-corrected chi connectivity index (χ0v) is 13.8. The first-order valence-corrected chi connectivity index (χ1v) is 9.97. The van der Waals surface area contributed by atoms with Crippen molar-refractivity contribution < 1.29 is 13.2 Å². The number of aromatic nitrogens is 1. The highest BCUT2D eigenvalue weighted by Crippen LogP contribution is 2.28. The van der Waals surface area contributed by atoms with Gasteiger partial charge in [-0.3, -0.25) is 4.79 Å². The molecular weight excluding hydrogens is 328 g/mol. The van der Waals surface area contributed by atoms with Crippen LogP contribution in [0.4, 0.5) is 0 Å². The lowest BCUT2D eigenvalue weighted by atomic mass is 10.0. The summed E-state index contributed by atoms with van der Waals surface area (Å²) >= 11 is 2.98. The summed E-state index contributed by atoms with van der Waals surface area (Å²) in [5.41, 5.74) is -0.350. The normalized spacial score (nSPS) is 24.0. The zero-order chi connectivity index (χ0) is 15.1. The second kappa shape index (κ2) is 5.19. The summed E-state index contributed by atoms with van der Waals surface area (Å²) in [6, 6.07) is 3.89. The van der Waals surface area contributed by atoms with Crippen LogP contribution in [-0.2, 0) is 9.84 Å². The van der Waals surface area contributed by atoms with E-state index in [0.717, 1.165) is 9.88 Å². The summed E-state index contributed by atoms with van der Waals surface area (Å²) in [5, 5.41) is 7.28. The van der Waals surface area contributed by atoms with Crippen LogP contribution in [0, 0.1) is 0 Å². The standard InChI is InChI=1S/C13H14N2O3S3/c1-13(4-6-21(17,18)8-13)15-11(16)9-7-20-12(14-9)10-3-2-5-19-10/h2-3,5,7H,4,6,8H2,1H3,(H,15,16)/t13-/m0/s1. The molecule has 1 aliphatic heterocycles. The fourth-order valence-corrected chi connectivity index (χ4v) is 6.05. The largest absolute Gasteiger partial charge is 0.344 e. The van der Waals surface area contributed by atoms with Crippen LogP contribution in [0.3, 0.4) is 0 Å². The number of hydrogen-bond acceptors (Lipinski definition) is 6.